The average molecular weight is 280 g/mol. The molecule has 1 fully saturated rings. The van der Waals surface area contributed by atoms with E-state index in [4.69, 9.17) is 5.73 Å². The largest absolute Gasteiger partial charge is 0.329 e. The number of sulfone groups is 1. The van der Waals surface area contributed by atoms with Crippen molar-refractivity contribution >= 4 is 21.6 Å². The van der Waals surface area contributed by atoms with Crippen LogP contribution in [0.25, 0.3) is 0 Å². The van der Waals surface area contributed by atoms with Crippen LogP contribution in [0.5, 0.6) is 0 Å². The molecule has 0 aromatic rings. The van der Waals surface area contributed by atoms with Crippen LogP contribution >= 0.6 is 11.8 Å². The lowest BCUT2D eigenvalue weighted by Crippen LogP contribution is -2.60. The molecular weight excluding hydrogens is 256 g/mol. The summed E-state index contributed by atoms with van der Waals surface area (Å²) in [5.41, 5.74) is 5.93. The van der Waals surface area contributed by atoms with Gasteiger partial charge < -0.3 is 5.73 Å². The summed E-state index contributed by atoms with van der Waals surface area (Å²) in [6, 6.07) is 0. The monoisotopic (exact) mass is 280 g/mol. The Balaban J connectivity index is 2.71. The van der Waals surface area contributed by atoms with Gasteiger partial charge in [0.05, 0.1) is 5.75 Å². The van der Waals surface area contributed by atoms with Gasteiger partial charge in [0.25, 0.3) is 0 Å². The summed E-state index contributed by atoms with van der Waals surface area (Å²) >= 11 is 1.94. The Hall–Kier alpha value is 0.220. The predicted molar refractivity (Wildman–Crippen MR) is 75.3 cm³/mol. The van der Waals surface area contributed by atoms with Gasteiger partial charge in [-0.3, -0.25) is 4.90 Å². The fourth-order valence-corrected chi connectivity index (χ4v) is 4.42. The first-order valence-corrected chi connectivity index (χ1v) is 9.13. The van der Waals surface area contributed by atoms with Gasteiger partial charge in [-0.05, 0) is 25.6 Å². The Bertz CT molecular complexity index is 345. The summed E-state index contributed by atoms with van der Waals surface area (Å²) in [5.74, 6) is 1.39. The van der Waals surface area contributed by atoms with E-state index in [0.29, 0.717) is 18.3 Å². The third-order valence-electron chi connectivity index (χ3n) is 3.79. The minimum absolute atomic E-state index is 0.0341. The Morgan fingerprint density at radius 1 is 1.53 bits per heavy atom. The molecule has 0 aromatic carbocycles. The highest BCUT2D eigenvalue weighted by molar-refractivity contribution is 8.00. The number of rotatable bonds is 5. The van der Waals surface area contributed by atoms with Crippen molar-refractivity contribution in [1.29, 1.82) is 0 Å². The van der Waals surface area contributed by atoms with Gasteiger partial charge in [0, 0.05) is 30.1 Å². The fourth-order valence-electron chi connectivity index (χ4n) is 2.45. The number of thioether (sulfide) groups is 1. The minimum atomic E-state index is -2.90. The molecule has 0 spiro atoms. The number of likely N-dealkylation sites (N-methyl/N-ethyl adjacent to an activating group) is 1. The summed E-state index contributed by atoms with van der Waals surface area (Å²) in [4.78, 5) is 2.16. The maximum Gasteiger partial charge on any atom is 0.148 e. The van der Waals surface area contributed by atoms with Crippen molar-refractivity contribution in [3.63, 3.8) is 0 Å². The van der Waals surface area contributed by atoms with E-state index in [1.165, 1.54) is 12.0 Å². The summed E-state index contributed by atoms with van der Waals surface area (Å²) in [6.07, 6.45) is 3.52. The Morgan fingerprint density at radius 3 is 2.65 bits per heavy atom. The number of nitrogens with zero attached hydrogens (tertiary/aromatic N) is 1. The van der Waals surface area contributed by atoms with Crippen molar-refractivity contribution in [2.75, 3.05) is 37.9 Å². The second-order valence-corrected chi connectivity index (χ2v) is 8.68. The highest BCUT2D eigenvalue weighted by Crippen LogP contribution is 2.37. The first-order chi connectivity index (χ1) is 7.82. The van der Waals surface area contributed by atoms with E-state index in [2.05, 4.69) is 11.8 Å². The fraction of sp³-hybridized carbons (Fsp3) is 1.00. The number of nitrogens with two attached hydrogens (primary N) is 1. The van der Waals surface area contributed by atoms with Crippen molar-refractivity contribution in [3.8, 4) is 0 Å². The van der Waals surface area contributed by atoms with E-state index in [0.717, 1.165) is 12.8 Å². The first-order valence-electron chi connectivity index (χ1n) is 6.02. The summed E-state index contributed by atoms with van der Waals surface area (Å²) in [6.45, 7) is 3.37. The molecule has 2 unspecified atom stereocenters. The van der Waals surface area contributed by atoms with Crippen LogP contribution in [0.4, 0.5) is 0 Å². The third-order valence-corrected chi connectivity index (χ3v) is 6.18. The molecule has 4 nitrogen and oxygen atoms in total. The van der Waals surface area contributed by atoms with E-state index in [9.17, 15) is 8.42 Å². The second kappa shape index (κ2) is 5.91. The topological polar surface area (TPSA) is 63.4 Å². The van der Waals surface area contributed by atoms with Crippen LogP contribution in [0, 0.1) is 0 Å². The van der Waals surface area contributed by atoms with Crippen LogP contribution in [-0.2, 0) is 9.84 Å². The SMILES string of the molecule is CC1SCCCC1(CN)N(C)CCS(C)(=O)=O. The van der Waals surface area contributed by atoms with Gasteiger partial charge >= 0.3 is 0 Å². The van der Waals surface area contributed by atoms with E-state index >= 15 is 0 Å². The van der Waals surface area contributed by atoms with Crippen LogP contribution < -0.4 is 5.73 Å². The molecule has 2 N–H and O–H groups in total. The number of hydrogen-bond acceptors (Lipinski definition) is 5. The normalized spacial score (nSPS) is 30.8. The Labute approximate surface area is 109 Å². The van der Waals surface area contributed by atoms with Crippen molar-refractivity contribution in [2.45, 2.75) is 30.6 Å². The minimum Gasteiger partial charge on any atom is -0.329 e. The molecule has 0 radical (unpaired) electrons. The highest BCUT2D eigenvalue weighted by Gasteiger charge is 2.40. The summed E-state index contributed by atoms with van der Waals surface area (Å²) < 4.78 is 22.5. The van der Waals surface area contributed by atoms with E-state index in [-0.39, 0.29) is 11.3 Å². The highest BCUT2D eigenvalue weighted by atomic mass is 32.2. The van der Waals surface area contributed by atoms with Crippen LogP contribution in [0.2, 0.25) is 0 Å². The zero-order chi connectivity index (χ0) is 13.1. The molecule has 1 saturated heterocycles. The van der Waals surface area contributed by atoms with Gasteiger partial charge in [0.15, 0.2) is 0 Å². The molecule has 0 aliphatic carbocycles. The zero-order valence-electron chi connectivity index (χ0n) is 11.0. The van der Waals surface area contributed by atoms with Crippen molar-refractivity contribution in [2.24, 2.45) is 5.73 Å². The summed E-state index contributed by atoms with van der Waals surface area (Å²) in [7, 11) is -0.899. The molecule has 1 aliphatic heterocycles. The molecule has 2 atom stereocenters. The van der Waals surface area contributed by atoms with Gasteiger partial charge in [0.2, 0.25) is 0 Å². The van der Waals surface area contributed by atoms with Crippen LogP contribution in [0.3, 0.4) is 0 Å². The van der Waals surface area contributed by atoms with Gasteiger partial charge in [-0.15, -0.1) is 0 Å². The molecule has 0 bridgehead atoms. The second-order valence-electron chi connectivity index (χ2n) is 4.98. The van der Waals surface area contributed by atoms with Crippen molar-refractivity contribution in [1.82, 2.24) is 4.90 Å². The molecule has 0 amide bonds. The zero-order valence-corrected chi connectivity index (χ0v) is 12.6. The Morgan fingerprint density at radius 2 is 2.18 bits per heavy atom. The lowest BCUT2D eigenvalue weighted by molar-refractivity contribution is 0.119. The van der Waals surface area contributed by atoms with E-state index < -0.39 is 9.84 Å². The van der Waals surface area contributed by atoms with E-state index in [1.54, 1.807) is 0 Å². The van der Waals surface area contributed by atoms with Gasteiger partial charge in [0.1, 0.15) is 9.84 Å². The van der Waals surface area contributed by atoms with Crippen LogP contribution in [0.1, 0.15) is 19.8 Å². The first kappa shape index (κ1) is 15.3. The van der Waals surface area contributed by atoms with Crippen molar-refractivity contribution < 1.29 is 8.42 Å². The smallest absolute Gasteiger partial charge is 0.148 e. The molecular formula is C11H24N2O2S2. The average Bonchev–Trinajstić information content (AvgIpc) is 2.26. The van der Waals surface area contributed by atoms with Crippen LogP contribution in [0.15, 0.2) is 0 Å². The summed E-state index contributed by atoms with van der Waals surface area (Å²) in [5, 5.41) is 0.464. The number of hydrogen-bond donors (Lipinski definition) is 1. The third kappa shape index (κ3) is 3.84. The lowest BCUT2D eigenvalue weighted by Gasteiger charge is -2.48. The molecule has 0 aromatic heterocycles. The quantitative estimate of drug-likeness (QED) is 0.798. The standard InChI is InChI=1S/C11H24N2O2S2/c1-10-11(9-12,5-4-7-16-10)13(2)6-8-17(3,14)15/h10H,4-9,12H2,1-3H3. The molecule has 17 heavy (non-hydrogen) atoms. The molecule has 1 aliphatic rings. The Kier molecular flexibility index (Phi) is 5.31. The van der Waals surface area contributed by atoms with E-state index in [1.807, 2.05) is 18.8 Å². The van der Waals surface area contributed by atoms with Gasteiger partial charge in [-0.2, -0.15) is 11.8 Å². The van der Waals surface area contributed by atoms with Crippen molar-refractivity contribution in [3.05, 3.63) is 0 Å². The lowest BCUT2D eigenvalue weighted by atomic mass is 9.88. The molecule has 6 heteroatoms. The predicted octanol–water partition coefficient (Wildman–Crippen LogP) is 0.576. The molecule has 1 heterocycles. The molecule has 102 valence electrons. The van der Waals surface area contributed by atoms with Gasteiger partial charge in [-0.1, -0.05) is 6.92 Å². The molecule has 0 saturated carbocycles. The van der Waals surface area contributed by atoms with Gasteiger partial charge in [-0.25, -0.2) is 8.42 Å². The maximum absolute atomic E-state index is 11.2. The van der Waals surface area contributed by atoms with Crippen LogP contribution in [-0.4, -0.2) is 62.0 Å². The molecule has 1 rings (SSSR count). The maximum atomic E-state index is 11.2.